The Balaban J connectivity index is 2.08. The molecule has 3 rings (SSSR count). The summed E-state index contributed by atoms with van der Waals surface area (Å²) in [5.41, 5.74) is 10.7. The molecule has 2 aliphatic carbocycles. The van der Waals surface area contributed by atoms with Gasteiger partial charge >= 0.3 is 0 Å². The van der Waals surface area contributed by atoms with Crippen molar-refractivity contribution >= 4 is 22.6 Å². The summed E-state index contributed by atoms with van der Waals surface area (Å²) in [4.78, 5) is 5.10. The number of nitrogens with one attached hydrogen (secondary N) is 2. The third-order valence-electron chi connectivity index (χ3n) is 7.29. The first-order valence-corrected chi connectivity index (χ1v) is 11.9. The van der Waals surface area contributed by atoms with Crippen LogP contribution in [0.1, 0.15) is 79.6 Å². The fourth-order valence-electron chi connectivity index (χ4n) is 5.26. The van der Waals surface area contributed by atoms with E-state index in [9.17, 15) is 0 Å². The molecule has 0 saturated heterocycles. The minimum Gasteiger partial charge on any atom is -0.304 e. The number of aromatic nitrogens is 1. The third-order valence-corrected chi connectivity index (χ3v) is 7.29. The first-order chi connectivity index (χ1) is 15.0. The lowest BCUT2D eigenvalue weighted by molar-refractivity contribution is 0.540. The van der Waals surface area contributed by atoms with E-state index in [1.807, 2.05) is 0 Å². The van der Waals surface area contributed by atoms with E-state index in [0.717, 1.165) is 46.8 Å². The van der Waals surface area contributed by atoms with Crippen molar-refractivity contribution in [2.45, 2.75) is 68.2 Å². The van der Waals surface area contributed by atoms with Crippen LogP contribution in [0, 0.1) is 34.5 Å². The maximum absolute atomic E-state index is 8.65. The van der Waals surface area contributed by atoms with Crippen LogP contribution in [0.25, 0.3) is 11.1 Å². The largest absolute Gasteiger partial charge is 0.304 e. The van der Waals surface area contributed by atoms with Crippen LogP contribution >= 0.6 is 0 Å². The van der Waals surface area contributed by atoms with Gasteiger partial charge < -0.3 is 10.8 Å². The SMILES string of the molecule is CC1=CCC(=C(C)c2cccc(C(C)=C3CC=C(C)C(=N)C3C(C)C)n2)C(C(C)C)C1=N. The maximum Gasteiger partial charge on any atom is 0.0666 e. The molecule has 0 radical (unpaired) electrons. The van der Waals surface area contributed by atoms with Gasteiger partial charge in [0, 0.05) is 23.3 Å². The highest BCUT2D eigenvalue weighted by Gasteiger charge is 2.30. The molecule has 3 heteroatoms. The number of allylic oxidation sites excluding steroid dienone is 8. The monoisotopic (exact) mass is 429 g/mol. The van der Waals surface area contributed by atoms with E-state index in [1.165, 1.54) is 22.3 Å². The van der Waals surface area contributed by atoms with Gasteiger partial charge in [-0.3, -0.25) is 0 Å². The first-order valence-electron chi connectivity index (χ1n) is 11.9. The van der Waals surface area contributed by atoms with E-state index < -0.39 is 0 Å². The molecule has 1 heterocycles. The Morgan fingerprint density at radius 1 is 0.781 bits per heavy atom. The predicted octanol–water partition coefficient (Wildman–Crippen LogP) is 7.91. The van der Waals surface area contributed by atoms with Gasteiger partial charge in [-0.15, -0.1) is 0 Å². The van der Waals surface area contributed by atoms with Crippen LogP contribution in [0.5, 0.6) is 0 Å². The lowest BCUT2D eigenvalue weighted by atomic mass is 9.74. The Bertz CT molecular complexity index is 978. The van der Waals surface area contributed by atoms with Gasteiger partial charge in [-0.1, -0.05) is 57.1 Å². The van der Waals surface area contributed by atoms with Crippen molar-refractivity contribution in [2.24, 2.45) is 23.7 Å². The van der Waals surface area contributed by atoms with Crippen molar-refractivity contribution in [1.82, 2.24) is 4.98 Å². The number of hydrogen-bond acceptors (Lipinski definition) is 3. The second-order valence-corrected chi connectivity index (χ2v) is 10.2. The van der Waals surface area contributed by atoms with Crippen molar-refractivity contribution in [3.05, 3.63) is 64.0 Å². The lowest BCUT2D eigenvalue weighted by Gasteiger charge is -2.31. The van der Waals surface area contributed by atoms with E-state index in [2.05, 4.69) is 85.7 Å². The average Bonchev–Trinajstić information content (AvgIpc) is 2.75. The van der Waals surface area contributed by atoms with Crippen LogP contribution < -0.4 is 0 Å². The van der Waals surface area contributed by atoms with Gasteiger partial charge in [0.05, 0.1) is 11.4 Å². The van der Waals surface area contributed by atoms with Crippen LogP contribution in [0.4, 0.5) is 0 Å². The molecule has 32 heavy (non-hydrogen) atoms. The molecule has 3 nitrogen and oxygen atoms in total. The third kappa shape index (κ3) is 4.48. The first kappa shape index (κ1) is 24.1. The summed E-state index contributed by atoms with van der Waals surface area (Å²) in [6, 6.07) is 6.30. The van der Waals surface area contributed by atoms with Crippen LogP contribution in [0.15, 0.2) is 52.6 Å². The van der Waals surface area contributed by atoms with E-state index in [1.54, 1.807) is 0 Å². The molecule has 2 N–H and O–H groups in total. The molecule has 170 valence electrons. The molecule has 0 fully saturated rings. The van der Waals surface area contributed by atoms with Crippen LogP contribution in [-0.4, -0.2) is 16.4 Å². The molecule has 0 amide bonds. The Kier molecular flexibility index (Phi) is 7.17. The van der Waals surface area contributed by atoms with Gasteiger partial charge in [-0.2, -0.15) is 0 Å². The zero-order chi connectivity index (χ0) is 23.7. The van der Waals surface area contributed by atoms with Gasteiger partial charge in [0.1, 0.15) is 0 Å². The van der Waals surface area contributed by atoms with Gasteiger partial charge in [-0.25, -0.2) is 4.98 Å². The summed E-state index contributed by atoms with van der Waals surface area (Å²) in [5.74, 6) is 1.08. The molecule has 0 spiro atoms. The summed E-state index contributed by atoms with van der Waals surface area (Å²) < 4.78 is 0. The zero-order valence-corrected chi connectivity index (χ0v) is 21.1. The highest BCUT2D eigenvalue weighted by atomic mass is 14.7. The molecule has 2 atom stereocenters. The van der Waals surface area contributed by atoms with E-state index in [4.69, 9.17) is 15.8 Å². The molecular formula is C29H39N3. The molecule has 0 aliphatic heterocycles. The van der Waals surface area contributed by atoms with Crippen molar-refractivity contribution in [1.29, 1.82) is 10.8 Å². The van der Waals surface area contributed by atoms with Gasteiger partial charge in [0.25, 0.3) is 0 Å². The quantitative estimate of drug-likeness (QED) is 0.502. The van der Waals surface area contributed by atoms with Crippen molar-refractivity contribution in [3.8, 4) is 0 Å². The van der Waals surface area contributed by atoms with Crippen LogP contribution in [0.3, 0.4) is 0 Å². The number of hydrogen-bond donors (Lipinski definition) is 2. The van der Waals surface area contributed by atoms with E-state index in [0.29, 0.717) is 11.8 Å². The summed E-state index contributed by atoms with van der Waals surface area (Å²) in [6.07, 6.45) is 6.16. The Labute approximate surface area is 194 Å². The number of pyridine rings is 1. The molecule has 0 aromatic carbocycles. The summed E-state index contributed by atoms with van der Waals surface area (Å²) in [6.45, 7) is 17.3. The number of nitrogens with zero attached hydrogens (tertiary/aromatic N) is 1. The average molecular weight is 430 g/mol. The second-order valence-electron chi connectivity index (χ2n) is 10.2. The van der Waals surface area contributed by atoms with Crippen molar-refractivity contribution in [2.75, 3.05) is 0 Å². The Morgan fingerprint density at radius 3 is 1.50 bits per heavy atom. The maximum atomic E-state index is 8.65. The smallest absolute Gasteiger partial charge is 0.0666 e. The molecule has 2 unspecified atom stereocenters. The van der Waals surface area contributed by atoms with Crippen molar-refractivity contribution in [3.63, 3.8) is 0 Å². The fourth-order valence-corrected chi connectivity index (χ4v) is 5.26. The summed E-state index contributed by atoms with van der Waals surface area (Å²) in [5, 5.41) is 17.3. The fraction of sp³-hybridized carbons (Fsp3) is 0.483. The number of rotatable bonds is 4. The van der Waals surface area contributed by atoms with Crippen molar-refractivity contribution < 1.29 is 0 Å². The minimum atomic E-state index is 0.155. The Morgan fingerprint density at radius 2 is 1.16 bits per heavy atom. The van der Waals surface area contributed by atoms with Crippen LogP contribution in [0.2, 0.25) is 0 Å². The lowest BCUT2D eigenvalue weighted by Crippen LogP contribution is -2.27. The molecular weight excluding hydrogens is 390 g/mol. The standard InChI is InChI=1S/C29H39N3/c1-16(2)26-22(14-12-18(5)28(26)30)20(7)24-10-9-11-25(32-24)21(8)23-15-13-19(6)29(31)27(23)17(3)4/h9-13,16-17,26-27,30-31H,14-15H2,1-8H3. The van der Waals surface area contributed by atoms with Gasteiger partial charge in [0.15, 0.2) is 0 Å². The van der Waals surface area contributed by atoms with E-state index >= 15 is 0 Å². The van der Waals surface area contributed by atoms with E-state index in [-0.39, 0.29) is 11.8 Å². The molecule has 2 aliphatic rings. The predicted molar refractivity (Wildman–Crippen MR) is 138 cm³/mol. The zero-order valence-electron chi connectivity index (χ0n) is 21.1. The topological polar surface area (TPSA) is 60.6 Å². The summed E-state index contributed by atoms with van der Waals surface area (Å²) >= 11 is 0. The molecule has 0 saturated carbocycles. The molecule has 1 aromatic rings. The highest BCUT2D eigenvalue weighted by Crippen LogP contribution is 2.38. The van der Waals surface area contributed by atoms with Gasteiger partial charge in [0.2, 0.25) is 0 Å². The molecule has 0 bridgehead atoms. The highest BCUT2D eigenvalue weighted by molar-refractivity contribution is 6.04. The minimum absolute atomic E-state index is 0.155. The summed E-state index contributed by atoms with van der Waals surface area (Å²) in [7, 11) is 0. The second kappa shape index (κ2) is 9.52. The molecule has 1 aromatic heterocycles. The normalized spacial score (nSPS) is 25.2. The van der Waals surface area contributed by atoms with Crippen LogP contribution in [-0.2, 0) is 0 Å². The van der Waals surface area contributed by atoms with Gasteiger partial charge in [-0.05, 0) is 86.8 Å². The Hall–Kier alpha value is -2.55.